The fourth-order valence-corrected chi connectivity index (χ4v) is 2.51. The van der Waals surface area contributed by atoms with Crippen molar-refractivity contribution in [3.63, 3.8) is 0 Å². The van der Waals surface area contributed by atoms with Gasteiger partial charge in [-0.25, -0.2) is 9.37 Å². The van der Waals surface area contributed by atoms with Crippen LogP contribution in [0.5, 0.6) is 11.5 Å². The summed E-state index contributed by atoms with van der Waals surface area (Å²) in [5.41, 5.74) is 6.41. The highest BCUT2D eigenvalue weighted by atomic mass is 32.1. The van der Waals surface area contributed by atoms with Crippen molar-refractivity contribution in [2.75, 3.05) is 19.5 Å². The smallest absolute Gasteiger partial charge is 0.269 e. The van der Waals surface area contributed by atoms with Gasteiger partial charge in [-0.2, -0.15) is 0 Å². The van der Waals surface area contributed by atoms with Gasteiger partial charge in [0, 0.05) is 5.56 Å². The number of carbonyl (C=O) groups excluding carboxylic acids is 1. The molecule has 0 aliphatic carbocycles. The molecule has 0 aliphatic rings. The minimum Gasteiger partial charge on any atom is -0.494 e. The van der Waals surface area contributed by atoms with Gasteiger partial charge in [0.2, 0.25) is 5.95 Å². The predicted molar refractivity (Wildman–Crippen MR) is 102 cm³/mol. The molecule has 27 heavy (non-hydrogen) atoms. The lowest BCUT2D eigenvalue weighted by Crippen LogP contribution is -2.43. The first-order valence-corrected chi connectivity index (χ1v) is 8.16. The lowest BCUT2D eigenvalue weighted by Gasteiger charge is -2.10. The Hall–Kier alpha value is -3.40. The summed E-state index contributed by atoms with van der Waals surface area (Å²) >= 11 is 5.11. The average Bonchev–Trinajstić information content (AvgIpc) is 3.08. The molecular formula is C17H16FN5O3S. The van der Waals surface area contributed by atoms with Crippen molar-refractivity contribution in [1.29, 1.82) is 0 Å². The number of hydrogen-bond donors (Lipinski definition) is 4. The first-order chi connectivity index (χ1) is 13.0. The SMILES string of the molecule is COc1ccc(C(=O)NNC(=S)Nc2nc3c(OC)cccc3[nH]2)cc1F. The highest BCUT2D eigenvalue weighted by Gasteiger charge is 2.12. The number of halogens is 1. The molecular weight excluding hydrogens is 373 g/mol. The molecule has 0 atom stereocenters. The van der Waals surface area contributed by atoms with Crippen molar-refractivity contribution in [2.24, 2.45) is 0 Å². The topological polar surface area (TPSA) is 100 Å². The van der Waals surface area contributed by atoms with Crippen molar-refractivity contribution in [3.8, 4) is 11.5 Å². The van der Waals surface area contributed by atoms with E-state index in [9.17, 15) is 9.18 Å². The third-order valence-electron chi connectivity index (χ3n) is 3.63. The first-order valence-electron chi connectivity index (χ1n) is 7.75. The molecule has 3 rings (SSSR count). The summed E-state index contributed by atoms with van der Waals surface area (Å²) in [7, 11) is 2.90. The van der Waals surface area contributed by atoms with E-state index >= 15 is 0 Å². The van der Waals surface area contributed by atoms with E-state index in [0.717, 1.165) is 11.6 Å². The maximum Gasteiger partial charge on any atom is 0.269 e. The molecule has 0 saturated carbocycles. The summed E-state index contributed by atoms with van der Waals surface area (Å²) in [6.07, 6.45) is 0. The van der Waals surface area contributed by atoms with Crippen LogP contribution in [0.15, 0.2) is 36.4 Å². The van der Waals surface area contributed by atoms with Crippen LogP contribution < -0.4 is 25.6 Å². The molecule has 0 fully saturated rings. The number of amides is 1. The number of aromatic amines is 1. The Morgan fingerprint density at radius 2 is 1.93 bits per heavy atom. The minimum absolute atomic E-state index is 0.0528. The van der Waals surface area contributed by atoms with Crippen molar-refractivity contribution < 1.29 is 18.7 Å². The van der Waals surface area contributed by atoms with Crippen LogP contribution in [-0.4, -0.2) is 35.2 Å². The van der Waals surface area contributed by atoms with Crippen molar-refractivity contribution in [3.05, 3.63) is 47.8 Å². The number of nitrogens with one attached hydrogen (secondary N) is 4. The van der Waals surface area contributed by atoms with E-state index in [-0.39, 0.29) is 16.4 Å². The van der Waals surface area contributed by atoms with Gasteiger partial charge in [-0.1, -0.05) is 6.07 Å². The number of ether oxygens (including phenoxy) is 2. The van der Waals surface area contributed by atoms with E-state index in [1.165, 1.54) is 19.2 Å². The monoisotopic (exact) mass is 389 g/mol. The van der Waals surface area contributed by atoms with Crippen molar-refractivity contribution in [2.45, 2.75) is 0 Å². The van der Waals surface area contributed by atoms with Gasteiger partial charge in [-0.3, -0.25) is 15.6 Å². The molecule has 140 valence electrons. The number of nitrogens with zero attached hydrogens (tertiary/aromatic N) is 1. The highest BCUT2D eigenvalue weighted by Crippen LogP contribution is 2.24. The molecule has 1 aromatic heterocycles. The second-order valence-corrected chi connectivity index (χ2v) is 5.73. The molecule has 0 saturated heterocycles. The van der Waals surface area contributed by atoms with Crippen LogP contribution in [0.3, 0.4) is 0 Å². The number of para-hydroxylation sites is 1. The molecule has 1 heterocycles. The number of hydrogen-bond acceptors (Lipinski definition) is 5. The molecule has 0 bridgehead atoms. The Bertz CT molecular complexity index is 1010. The third-order valence-corrected chi connectivity index (χ3v) is 3.84. The summed E-state index contributed by atoms with van der Waals surface area (Å²) in [6.45, 7) is 0. The lowest BCUT2D eigenvalue weighted by molar-refractivity contribution is 0.0943. The second-order valence-electron chi connectivity index (χ2n) is 5.32. The number of methoxy groups -OCH3 is 2. The molecule has 10 heteroatoms. The number of hydrazine groups is 1. The number of rotatable bonds is 4. The van der Waals surface area contributed by atoms with Gasteiger partial charge in [0.15, 0.2) is 16.7 Å². The van der Waals surface area contributed by atoms with Gasteiger partial charge >= 0.3 is 0 Å². The molecule has 1 amide bonds. The predicted octanol–water partition coefficient (Wildman–Crippen LogP) is 2.35. The average molecular weight is 389 g/mol. The Morgan fingerprint density at radius 1 is 1.15 bits per heavy atom. The molecule has 3 aromatic rings. The molecule has 2 aromatic carbocycles. The maximum absolute atomic E-state index is 13.7. The number of aromatic nitrogens is 2. The Labute approximate surface area is 159 Å². The first kappa shape index (κ1) is 18.4. The standard InChI is InChI=1S/C17H16FN5O3S/c1-25-12-7-6-9(8-10(12)18)15(24)22-23-17(27)21-16-19-11-4-3-5-13(26-2)14(11)20-16/h3-8H,1-2H3,(H,22,24)(H3,19,20,21,23,27). The summed E-state index contributed by atoms with van der Waals surface area (Å²) < 4.78 is 23.7. The fraction of sp³-hybridized carbons (Fsp3) is 0.118. The Balaban J connectivity index is 1.61. The van der Waals surface area contributed by atoms with Gasteiger partial charge in [-0.05, 0) is 42.5 Å². The van der Waals surface area contributed by atoms with E-state index in [0.29, 0.717) is 17.2 Å². The lowest BCUT2D eigenvalue weighted by atomic mass is 10.2. The number of fused-ring (bicyclic) bond motifs is 1. The Kier molecular flexibility index (Phi) is 5.36. The molecule has 0 unspecified atom stereocenters. The van der Waals surface area contributed by atoms with E-state index in [4.69, 9.17) is 21.7 Å². The van der Waals surface area contributed by atoms with Gasteiger partial charge in [0.05, 0.1) is 19.7 Å². The normalized spacial score (nSPS) is 10.3. The van der Waals surface area contributed by atoms with Gasteiger partial charge in [0.25, 0.3) is 5.91 Å². The third kappa shape index (κ3) is 4.06. The summed E-state index contributed by atoms with van der Waals surface area (Å²) in [5.74, 6) is -0.159. The van der Waals surface area contributed by atoms with Crippen LogP contribution in [0.1, 0.15) is 10.4 Å². The number of imidazole rings is 1. The highest BCUT2D eigenvalue weighted by molar-refractivity contribution is 7.80. The molecule has 0 spiro atoms. The van der Waals surface area contributed by atoms with Crippen LogP contribution in [0.25, 0.3) is 11.0 Å². The van der Waals surface area contributed by atoms with E-state index < -0.39 is 11.7 Å². The number of anilines is 1. The summed E-state index contributed by atoms with van der Waals surface area (Å²) in [6, 6.07) is 9.32. The van der Waals surface area contributed by atoms with E-state index in [1.54, 1.807) is 13.2 Å². The van der Waals surface area contributed by atoms with Gasteiger partial charge in [0.1, 0.15) is 11.3 Å². The number of thiocarbonyl (C=S) groups is 1. The largest absolute Gasteiger partial charge is 0.494 e. The quantitative estimate of drug-likeness (QED) is 0.401. The van der Waals surface area contributed by atoms with Crippen LogP contribution >= 0.6 is 12.2 Å². The van der Waals surface area contributed by atoms with Gasteiger partial charge < -0.3 is 19.8 Å². The van der Waals surface area contributed by atoms with Crippen LogP contribution in [0, 0.1) is 5.82 Å². The molecule has 0 radical (unpaired) electrons. The second kappa shape index (κ2) is 7.87. The zero-order valence-corrected chi connectivity index (χ0v) is 15.2. The zero-order valence-electron chi connectivity index (χ0n) is 14.4. The van der Waals surface area contributed by atoms with Crippen LogP contribution in [0.2, 0.25) is 0 Å². The van der Waals surface area contributed by atoms with Gasteiger partial charge in [-0.15, -0.1) is 0 Å². The minimum atomic E-state index is -0.637. The number of benzene rings is 2. The number of H-pyrrole nitrogens is 1. The fourth-order valence-electron chi connectivity index (χ4n) is 2.36. The van der Waals surface area contributed by atoms with E-state index in [1.807, 2.05) is 12.1 Å². The zero-order chi connectivity index (χ0) is 19.4. The van der Waals surface area contributed by atoms with Crippen LogP contribution in [-0.2, 0) is 0 Å². The summed E-state index contributed by atoms with van der Waals surface area (Å²) in [4.78, 5) is 19.4. The summed E-state index contributed by atoms with van der Waals surface area (Å²) in [5, 5.41) is 2.90. The maximum atomic E-state index is 13.7. The molecule has 4 N–H and O–H groups in total. The molecule has 8 nitrogen and oxygen atoms in total. The Morgan fingerprint density at radius 3 is 2.63 bits per heavy atom. The molecule has 0 aliphatic heterocycles. The van der Waals surface area contributed by atoms with Crippen LogP contribution in [0.4, 0.5) is 10.3 Å². The van der Waals surface area contributed by atoms with E-state index in [2.05, 4.69) is 26.1 Å². The number of carbonyl (C=O) groups is 1. The van der Waals surface area contributed by atoms with Crippen molar-refractivity contribution in [1.82, 2.24) is 20.8 Å². The van der Waals surface area contributed by atoms with Crippen molar-refractivity contribution >= 4 is 40.2 Å².